The van der Waals surface area contributed by atoms with Gasteiger partial charge in [0.15, 0.2) is 0 Å². The number of anilines is 1. The molecule has 2 heterocycles. The van der Waals surface area contributed by atoms with Crippen LogP contribution in [-0.4, -0.2) is 16.2 Å². The zero-order valence-corrected chi connectivity index (χ0v) is 11.2. The molecule has 104 valence electrons. The average molecular weight is 272 g/mol. The van der Waals surface area contributed by atoms with Crippen LogP contribution in [0, 0.1) is 6.92 Å². The molecule has 2 aromatic rings. The molecule has 0 aromatic carbocycles. The number of aryl methyl sites for hydroxylation is 1. The molecule has 0 bridgehead atoms. The normalized spacial score (nSPS) is 14.1. The summed E-state index contributed by atoms with van der Waals surface area (Å²) in [6, 6.07) is 5.31. The Balaban J connectivity index is 1.53. The first-order valence-corrected chi connectivity index (χ1v) is 6.64. The van der Waals surface area contributed by atoms with Crippen LogP contribution >= 0.6 is 0 Å². The molecule has 1 aliphatic carbocycles. The second-order valence-corrected chi connectivity index (χ2v) is 5.00. The van der Waals surface area contributed by atoms with Gasteiger partial charge in [-0.3, -0.25) is 10.3 Å². The molecule has 1 aliphatic rings. The number of hydrogen-bond acceptors (Lipinski definition) is 4. The van der Waals surface area contributed by atoms with Crippen molar-refractivity contribution in [1.82, 2.24) is 15.5 Å². The Morgan fingerprint density at radius 3 is 3.00 bits per heavy atom. The highest BCUT2D eigenvalue weighted by atomic mass is 16.5. The third-order valence-electron chi connectivity index (χ3n) is 3.16. The van der Waals surface area contributed by atoms with Crippen molar-refractivity contribution in [2.24, 2.45) is 0 Å². The number of amides is 2. The van der Waals surface area contributed by atoms with Gasteiger partial charge in [-0.15, -0.1) is 0 Å². The fraction of sp³-hybridized carbons (Fsp3) is 0.357. The fourth-order valence-corrected chi connectivity index (χ4v) is 1.97. The van der Waals surface area contributed by atoms with Gasteiger partial charge in [0.2, 0.25) is 5.88 Å². The molecule has 0 atom stereocenters. The van der Waals surface area contributed by atoms with E-state index in [4.69, 9.17) is 4.52 Å². The smallest absolute Gasteiger partial charge is 0.321 e. The summed E-state index contributed by atoms with van der Waals surface area (Å²) >= 11 is 0. The van der Waals surface area contributed by atoms with E-state index in [0.717, 1.165) is 17.0 Å². The van der Waals surface area contributed by atoms with Crippen molar-refractivity contribution < 1.29 is 9.32 Å². The zero-order chi connectivity index (χ0) is 13.9. The van der Waals surface area contributed by atoms with Gasteiger partial charge in [-0.25, -0.2) is 4.79 Å². The predicted octanol–water partition coefficient (Wildman–Crippen LogP) is 2.58. The number of hydrogen-bond donors (Lipinski definition) is 2. The molecular formula is C14H16N4O2. The van der Waals surface area contributed by atoms with E-state index in [1.807, 2.05) is 6.07 Å². The first-order valence-electron chi connectivity index (χ1n) is 6.64. The average Bonchev–Trinajstić information content (AvgIpc) is 3.21. The maximum Gasteiger partial charge on any atom is 0.321 e. The summed E-state index contributed by atoms with van der Waals surface area (Å²) < 4.78 is 4.91. The van der Waals surface area contributed by atoms with Gasteiger partial charge in [0.05, 0.1) is 5.69 Å². The maximum atomic E-state index is 11.7. The second-order valence-electron chi connectivity index (χ2n) is 5.00. The minimum atomic E-state index is -0.314. The number of urea groups is 1. The minimum absolute atomic E-state index is 0.314. The number of nitrogens with one attached hydrogen (secondary N) is 2. The number of rotatable bonds is 4. The van der Waals surface area contributed by atoms with E-state index in [1.54, 1.807) is 19.2 Å². The van der Waals surface area contributed by atoms with Gasteiger partial charge in [-0.1, -0.05) is 5.16 Å². The summed E-state index contributed by atoms with van der Waals surface area (Å²) in [4.78, 5) is 16.0. The van der Waals surface area contributed by atoms with Crippen molar-refractivity contribution in [3.63, 3.8) is 0 Å². The predicted molar refractivity (Wildman–Crippen MR) is 73.3 cm³/mol. The van der Waals surface area contributed by atoms with Gasteiger partial charge < -0.3 is 9.84 Å². The molecule has 2 N–H and O–H groups in total. The molecule has 1 saturated carbocycles. The number of carbonyl (C=O) groups excluding carboxylic acids is 1. The first kappa shape index (κ1) is 12.7. The van der Waals surface area contributed by atoms with Crippen molar-refractivity contribution in [3.05, 3.63) is 41.3 Å². The van der Waals surface area contributed by atoms with Gasteiger partial charge in [0.1, 0.15) is 0 Å². The molecule has 0 aliphatic heterocycles. The van der Waals surface area contributed by atoms with E-state index < -0.39 is 0 Å². The summed E-state index contributed by atoms with van der Waals surface area (Å²) in [5, 5.41) is 9.07. The van der Waals surface area contributed by atoms with Crippen molar-refractivity contribution in [1.29, 1.82) is 0 Å². The third-order valence-corrected chi connectivity index (χ3v) is 3.16. The third kappa shape index (κ3) is 3.14. The fourth-order valence-electron chi connectivity index (χ4n) is 1.97. The van der Waals surface area contributed by atoms with Crippen LogP contribution in [0.2, 0.25) is 0 Å². The van der Waals surface area contributed by atoms with Crippen molar-refractivity contribution in [2.45, 2.75) is 32.2 Å². The summed E-state index contributed by atoms with van der Waals surface area (Å²) in [5.74, 6) is 0.953. The lowest BCUT2D eigenvalue weighted by Gasteiger charge is -2.06. The van der Waals surface area contributed by atoms with E-state index in [0.29, 0.717) is 18.3 Å². The molecule has 6 heteroatoms. The summed E-state index contributed by atoms with van der Waals surface area (Å²) in [6.45, 7) is 2.25. The quantitative estimate of drug-likeness (QED) is 0.896. The van der Waals surface area contributed by atoms with E-state index in [-0.39, 0.29) is 6.03 Å². The second kappa shape index (κ2) is 5.32. The molecular weight excluding hydrogens is 256 g/mol. The monoisotopic (exact) mass is 272 g/mol. The van der Waals surface area contributed by atoms with Crippen LogP contribution in [0.25, 0.3) is 0 Å². The van der Waals surface area contributed by atoms with Crippen LogP contribution in [0.5, 0.6) is 0 Å². The molecule has 2 amide bonds. The molecule has 20 heavy (non-hydrogen) atoms. The van der Waals surface area contributed by atoms with Gasteiger partial charge in [0.25, 0.3) is 0 Å². The molecule has 0 radical (unpaired) electrons. The lowest BCUT2D eigenvalue weighted by molar-refractivity contribution is 0.251. The summed E-state index contributed by atoms with van der Waals surface area (Å²) in [6.07, 6.45) is 4.23. The number of nitrogens with zero attached hydrogens (tertiary/aromatic N) is 2. The van der Waals surface area contributed by atoms with Crippen LogP contribution in [0.4, 0.5) is 10.7 Å². The minimum Gasteiger partial charge on any atom is -0.338 e. The molecule has 0 spiro atoms. The lowest BCUT2D eigenvalue weighted by Crippen LogP contribution is -2.28. The van der Waals surface area contributed by atoms with Crippen LogP contribution in [0.1, 0.15) is 35.7 Å². The number of aromatic nitrogens is 2. The lowest BCUT2D eigenvalue weighted by atomic mass is 10.2. The Kier molecular flexibility index (Phi) is 3.37. The molecule has 3 rings (SSSR count). The summed E-state index contributed by atoms with van der Waals surface area (Å²) in [5.41, 5.74) is 2.89. The molecule has 0 unspecified atom stereocenters. The van der Waals surface area contributed by atoms with E-state index in [1.165, 1.54) is 12.8 Å². The maximum absolute atomic E-state index is 11.7. The SMILES string of the molecule is Cc1cc(NC(=O)NCc2ccnc(C3CC3)c2)on1. The van der Waals surface area contributed by atoms with Crippen LogP contribution < -0.4 is 10.6 Å². The Hall–Kier alpha value is -2.37. The molecule has 2 aromatic heterocycles. The van der Waals surface area contributed by atoms with Gasteiger partial charge in [0, 0.05) is 30.4 Å². The highest BCUT2D eigenvalue weighted by Gasteiger charge is 2.24. The number of pyridine rings is 1. The Morgan fingerprint density at radius 2 is 2.30 bits per heavy atom. The Bertz CT molecular complexity index is 619. The van der Waals surface area contributed by atoms with Gasteiger partial charge in [-0.05, 0) is 37.5 Å². The first-order chi connectivity index (χ1) is 9.70. The van der Waals surface area contributed by atoms with Crippen LogP contribution in [0.3, 0.4) is 0 Å². The molecule has 1 fully saturated rings. The van der Waals surface area contributed by atoms with Crippen LogP contribution in [-0.2, 0) is 6.54 Å². The molecule has 6 nitrogen and oxygen atoms in total. The van der Waals surface area contributed by atoms with E-state index >= 15 is 0 Å². The van der Waals surface area contributed by atoms with Crippen molar-refractivity contribution >= 4 is 11.9 Å². The Labute approximate surface area is 116 Å². The largest absolute Gasteiger partial charge is 0.338 e. The van der Waals surface area contributed by atoms with Gasteiger partial charge >= 0.3 is 6.03 Å². The van der Waals surface area contributed by atoms with Gasteiger partial charge in [-0.2, -0.15) is 0 Å². The highest BCUT2D eigenvalue weighted by molar-refractivity contribution is 5.87. The van der Waals surface area contributed by atoms with Crippen molar-refractivity contribution in [3.8, 4) is 0 Å². The zero-order valence-electron chi connectivity index (χ0n) is 11.2. The van der Waals surface area contributed by atoms with Crippen molar-refractivity contribution in [2.75, 3.05) is 5.32 Å². The van der Waals surface area contributed by atoms with E-state index in [9.17, 15) is 4.79 Å². The highest BCUT2D eigenvalue weighted by Crippen LogP contribution is 2.38. The standard InChI is InChI=1S/C14H16N4O2/c1-9-6-13(20-18-9)17-14(19)16-8-10-4-5-15-12(7-10)11-2-3-11/h4-7,11H,2-3,8H2,1H3,(H2,16,17,19). The van der Waals surface area contributed by atoms with E-state index in [2.05, 4.69) is 26.8 Å². The topological polar surface area (TPSA) is 80.0 Å². The summed E-state index contributed by atoms with van der Waals surface area (Å²) in [7, 11) is 0. The van der Waals surface area contributed by atoms with Crippen LogP contribution in [0.15, 0.2) is 28.9 Å². The number of carbonyl (C=O) groups is 1. The Morgan fingerprint density at radius 1 is 1.45 bits per heavy atom. The molecule has 0 saturated heterocycles.